The summed E-state index contributed by atoms with van der Waals surface area (Å²) >= 11 is 3.03. The Balaban J connectivity index is 3.15. The summed E-state index contributed by atoms with van der Waals surface area (Å²) in [6, 6.07) is 2.56. The molecule has 12 heavy (non-hydrogen) atoms. The van der Waals surface area contributed by atoms with Crippen molar-refractivity contribution in [1.82, 2.24) is 4.98 Å². The molecule has 0 amide bonds. The van der Waals surface area contributed by atoms with Gasteiger partial charge in [0.05, 0.1) is 18.1 Å². The summed E-state index contributed by atoms with van der Waals surface area (Å²) in [6.45, 7) is 0. The number of ether oxygens (including phenoxy) is 1. The molecular weight excluding hydrogens is 228 g/mol. The lowest BCUT2D eigenvalue weighted by atomic mass is 10.4. The van der Waals surface area contributed by atoms with Crippen molar-refractivity contribution in [2.24, 2.45) is 0 Å². The molecule has 0 aliphatic heterocycles. The first-order valence-electron chi connectivity index (χ1n) is 2.99. The Kier molecular flexibility index (Phi) is 2.59. The van der Waals surface area contributed by atoms with Crippen molar-refractivity contribution >= 4 is 21.6 Å². The fraction of sp³-hybridized carbons (Fsp3) is 0.167. The van der Waals surface area contributed by atoms with Crippen molar-refractivity contribution in [2.45, 2.75) is 0 Å². The number of methoxy groups -OCH3 is 1. The molecular formula is C6H5BrN2O3. The summed E-state index contributed by atoms with van der Waals surface area (Å²) in [4.78, 5) is 13.6. The molecule has 1 aromatic rings. The fourth-order valence-electron chi connectivity index (χ4n) is 0.670. The lowest BCUT2D eigenvalue weighted by Gasteiger charge is -1.98. The maximum Gasteiger partial charge on any atom is 0.277 e. The second-order valence-corrected chi connectivity index (χ2v) is 2.76. The molecule has 1 aromatic heterocycles. The molecule has 64 valence electrons. The van der Waals surface area contributed by atoms with Gasteiger partial charge in [-0.2, -0.15) is 0 Å². The third-order valence-corrected chi connectivity index (χ3v) is 1.58. The van der Waals surface area contributed by atoms with Crippen LogP contribution in [0.3, 0.4) is 0 Å². The zero-order chi connectivity index (χ0) is 9.14. The summed E-state index contributed by atoms with van der Waals surface area (Å²) in [5.74, 6) is 0.219. The molecule has 0 saturated heterocycles. The molecule has 0 unspecified atom stereocenters. The van der Waals surface area contributed by atoms with E-state index in [1.165, 1.54) is 19.2 Å². The maximum absolute atomic E-state index is 10.3. The second kappa shape index (κ2) is 3.48. The summed E-state index contributed by atoms with van der Waals surface area (Å²) in [5.41, 5.74) is -0.0475. The molecule has 1 heterocycles. The molecule has 0 saturated carbocycles. The van der Waals surface area contributed by atoms with Gasteiger partial charge in [-0.1, -0.05) is 0 Å². The standard InChI is InChI=1S/C6H5BrN2O3/c1-12-6-3-4(9(10)11)2-5(7)8-6/h2-3H,1H3. The quantitative estimate of drug-likeness (QED) is 0.443. The Labute approximate surface area is 76.7 Å². The number of aromatic nitrogens is 1. The van der Waals surface area contributed by atoms with Crippen LogP contribution in [-0.2, 0) is 0 Å². The van der Waals surface area contributed by atoms with E-state index in [1.807, 2.05) is 0 Å². The van der Waals surface area contributed by atoms with Crippen molar-refractivity contribution in [1.29, 1.82) is 0 Å². The van der Waals surface area contributed by atoms with Crippen molar-refractivity contribution < 1.29 is 9.66 Å². The summed E-state index contributed by atoms with van der Waals surface area (Å²) in [7, 11) is 1.40. The highest BCUT2D eigenvalue weighted by molar-refractivity contribution is 9.10. The highest BCUT2D eigenvalue weighted by Crippen LogP contribution is 2.21. The van der Waals surface area contributed by atoms with E-state index in [9.17, 15) is 10.1 Å². The van der Waals surface area contributed by atoms with Gasteiger partial charge in [-0.15, -0.1) is 0 Å². The smallest absolute Gasteiger partial charge is 0.277 e. The third kappa shape index (κ3) is 1.91. The molecule has 5 nitrogen and oxygen atoms in total. The monoisotopic (exact) mass is 232 g/mol. The number of hydrogen-bond acceptors (Lipinski definition) is 4. The number of rotatable bonds is 2. The van der Waals surface area contributed by atoms with Crippen LogP contribution in [0.1, 0.15) is 0 Å². The minimum atomic E-state index is -0.505. The van der Waals surface area contributed by atoms with Gasteiger partial charge in [0.15, 0.2) is 0 Å². The SMILES string of the molecule is COc1cc([N+](=O)[O-])cc(Br)n1. The molecule has 1 rings (SSSR count). The molecule has 0 N–H and O–H groups in total. The molecule has 0 aliphatic rings. The lowest BCUT2D eigenvalue weighted by molar-refractivity contribution is -0.385. The Morgan fingerprint density at radius 3 is 2.83 bits per heavy atom. The van der Waals surface area contributed by atoms with Gasteiger partial charge in [0.25, 0.3) is 5.69 Å². The van der Waals surface area contributed by atoms with Crippen molar-refractivity contribution in [3.8, 4) is 5.88 Å². The molecule has 0 atom stereocenters. The predicted molar refractivity (Wildman–Crippen MR) is 45.1 cm³/mol. The normalized spacial score (nSPS) is 9.50. The van der Waals surface area contributed by atoms with E-state index in [0.717, 1.165) is 0 Å². The van der Waals surface area contributed by atoms with Gasteiger partial charge in [-0.25, -0.2) is 4.98 Å². The molecule has 0 bridgehead atoms. The number of hydrogen-bond donors (Lipinski definition) is 0. The van der Waals surface area contributed by atoms with Gasteiger partial charge in [0, 0.05) is 6.07 Å². The van der Waals surface area contributed by atoms with Crippen molar-refractivity contribution in [3.63, 3.8) is 0 Å². The topological polar surface area (TPSA) is 65.3 Å². The van der Waals surface area contributed by atoms with Crippen LogP contribution < -0.4 is 4.74 Å². The number of pyridine rings is 1. The van der Waals surface area contributed by atoms with Gasteiger partial charge in [-0.05, 0) is 15.9 Å². The van der Waals surface area contributed by atoms with E-state index >= 15 is 0 Å². The van der Waals surface area contributed by atoms with E-state index < -0.39 is 4.92 Å². The summed E-state index contributed by atoms with van der Waals surface area (Å²) in [6.07, 6.45) is 0. The summed E-state index contributed by atoms with van der Waals surface area (Å²) in [5, 5.41) is 10.3. The fourth-order valence-corrected chi connectivity index (χ4v) is 1.08. The number of nitrogens with zero attached hydrogens (tertiary/aromatic N) is 2. The minimum absolute atomic E-state index is 0.0475. The van der Waals surface area contributed by atoms with Gasteiger partial charge < -0.3 is 4.74 Å². The van der Waals surface area contributed by atoms with Crippen LogP contribution in [0, 0.1) is 10.1 Å². The van der Waals surface area contributed by atoms with E-state index in [2.05, 4.69) is 20.9 Å². The second-order valence-electron chi connectivity index (χ2n) is 1.95. The van der Waals surface area contributed by atoms with E-state index in [-0.39, 0.29) is 11.6 Å². The Hall–Kier alpha value is -1.17. The third-order valence-electron chi connectivity index (χ3n) is 1.18. The van der Waals surface area contributed by atoms with Gasteiger partial charge in [0.2, 0.25) is 5.88 Å². The van der Waals surface area contributed by atoms with Crippen molar-refractivity contribution in [2.75, 3.05) is 7.11 Å². The highest BCUT2D eigenvalue weighted by atomic mass is 79.9. The van der Waals surface area contributed by atoms with E-state index in [4.69, 9.17) is 4.74 Å². The predicted octanol–water partition coefficient (Wildman–Crippen LogP) is 1.76. The van der Waals surface area contributed by atoms with E-state index in [1.54, 1.807) is 0 Å². The highest BCUT2D eigenvalue weighted by Gasteiger charge is 2.09. The lowest BCUT2D eigenvalue weighted by Crippen LogP contribution is -1.92. The molecule has 0 aromatic carbocycles. The molecule has 6 heteroatoms. The first-order valence-corrected chi connectivity index (χ1v) is 3.79. The average molecular weight is 233 g/mol. The van der Waals surface area contributed by atoms with Crippen LogP contribution >= 0.6 is 15.9 Å². The van der Waals surface area contributed by atoms with Crippen LogP contribution in [0.25, 0.3) is 0 Å². The zero-order valence-electron chi connectivity index (χ0n) is 6.15. The first-order chi connectivity index (χ1) is 5.63. The number of nitro groups is 1. The van der Waals surface area contributed by atoms with E-state index in [0.29, 0.717) is 4.60 Å². The Bertz CT molecular complexity index is 316. The molecule has 0 radical (unpaired) electrons. The molecule has 0 spiro atoms. The summed E-state index contributed by atoms with van der Waals surface area (Å²) < 4.78 is 5.12. The van der Waals surface area contributed by atoms with Crippen LogP contribution in [0.5, 0.6) is 5.88 Å². The Morgan fingerprint density at radius 1 is 1.67 bits per heavy atom. The molecule has 0 aliphatic carbocycles. The van der Waals surface area contributed by atoms with Crippen LogP contribution in [0.2, 0.25) is 0 Å². The van der Waals surface area contributed by atoms with Gasteiger partial charge in [0.1, 0.15) is 4.60 Å². The Morgan fingerprint density at radius 2 is 2.33 bits per heavy atom. The van der Waals surface area contributed by atoms with Gasteiger partial charge >= 0.3 is 0 Å². The maximum atomic E-state index is 10.3. The average Bonchev–Trinajstić information content (AvgIpc) is 2.03. The van der Waals surface area contributed by atoms with Crippen LogP contribution in [-0.4, -0.2) is 17.0 Å². The first kappa shape index (κ1) is 8.92. The van der Waals surface area contributed by atoms with Crippen LogP contribution in [0.15, 0.2) is 16.7 Å². The molecule has 0 fully saturated rings. The number of halogens is 1. The largest absolute Gasteiger partial charge is 0.481 e. The zero-order valence-corrected chi connectivity index (χ0v) is 7.74. The minimum Gasteiger partial charge on any atom is -0.481 e. The van der Waals surface area contributed by atoms with Gasteiger partial charge in [-0.3, -0.25) is 10.1 Å². The van der Waals surface area contributed by atoms with Crippen LogP contribution in [0.4, 0.5) is 5.69 Å². The van der Waals surface area contributed by atoms with Crippen molar-refractivity contribution in [3.05, 3.63) is 26.9 Å².